The minimum absolute atomic E-state index is 0.000863. The van der Waals surface area contributed by atoms with Crippen molar-refractivity contribution in [2.45, 2.75) is 39.2 Å². The summed E-state index contributed by atoms with van der Waals surface area (Å²) in [7, 11) is 1.66. The average molecular weight is 378 g/mol. The molecule has 7 nitrogen and oxygen atoms in total. The minimum Gasteiger partial charge on any atom is -0.383 e. The van der Waals surface area contributed by atoms with Gasteiger partial charge in [0.25, 0.3) is 11.5 Å². The fourth-order valence-electron chi connectivity index (χ4n) is 3.27. The van der Waals surface area contributed by atoms with Crippen LogP contribution in [0.4, 0.5) is 0 Å². The van der Waals surface area contributed by atoms with Crippen LogP contribution in [-0.2, 0) is 17.7 Å². The number of hydrogen-bond donors (Lipinski definition) is 2. The van der Waals surface area contributed by atoms with E-state index in [1.54, 1.807) is 11.7 Å². The summed E-state index contributed by atoms with van der Waals surface area (Å²) >= 11 is 1.32. The van der Waals surface area contributed by atoms with Crippen LogP contribution in [0.25, 0.3) is 10.2 Å². The standard InChI is InChI=1S/C18H26N4O3S/c1-12-14-17(21-13-6-4-3-5-10-22(13)18(14)24)26-15(12)16(23)20-8-7-19-9-11-25-2/h19H,3-11H2,1-2H3,(H,20,23). The summed E-state index contributed by atoms with van der Waals surface area (Å²) in [6.45, 7) is 5.16. The Bertz CT molecular complexity index is 843. The van der Waals surface area contributed by atoms with Crippen molar-refractivity contribution < 1.29 is 9.53 Å². The van der Waals surface area contributed by atoms with E-state index in [0.29, 0.717) is 34.8 Å². The lowest BCUT2D eigenvalue weighted by Crippen LogP contribution is -2.33. The fourth-order valence-corrected chi connectivity index (χ4v) is 4.38. The molecule has 0 aliphatic carbocycles. The van der Waals surface area contributed by atoms with Crippen molar-refractivity contribution in [2.75, 3.05) is 33.4 Å². The van der Waals surface area contributed by atoms with Crippen molar-refractivity contribution in [1.82, 2.24) is 20.2 Å². The van der Waals surface area contributed by atoms with Gasteiger partial charge in [0.15, 0.2) is 0 Å². The summed E-state index contributed by atoms with van der Waals surface area (Å²) in [4.78, 5) is 31.4. The van der Waals surface area contributed by atoms with E-state index in [0.717, 1.165) is 50.2 Å². The van der Waals surface area contributed by atoms with E-state index >= 15 is 0 Å². The summed E-state index contributed by atoms with van der Waals surface area (Å²) in [5.74, 6) is 0.717. The number of aromatic nitrogens is 2. The van der Waals surface area contributed by atoms with E-state index in [2.05, 4.69) is 10.6 Å². The van der Waals surface area contributed by atoms with Gasteiger partial charge in [0, 0.05) is 39.7 Å². The van der Waals surface area contributed by atoms with Crippen LogP contribution in [-0.4, -0.2) is 48.8 Å². The molecule has 1 aliphatic heterocycles. The van der Waals surface area contributed by atoms with Gasteiger partial charge in [-0.3, -0.25) is 14.2 Å². The Hall–Kier alpha value is -1.77. The van der Waals surface area contributed by atoms with Crippen LogP contribution in [0.1, 0.15) is 40.3 Å². The summed E-state index contributed by atoms with van der Waals surface area (Å²) < 4.78 is 6.76. The van der Waals surface area contributed by atoms with Crippen LogP contribution in [0, 0.1) is 6.92 Å². The number of amides is 1. The second-order valence-corrected chi connectivity index (χ2v) is 7.53. The maximum atomic E-state index is 12.9. The first-order valence-corrected chi connectivity index (χ1v) is 9.95. The molecule has 1 amide bonds. The number of carbonyl (C=O) groups is 1. The molecule has 0 spiro atoms. The van der Waals surface area contributed by atoms with Gasteiger partial charge in [-0.1, -0.05) is 6.42 Å². The first-order valence-electron chi connectivity index (χ1n) is 9.14. The zero-order chi connectivity index (χ0) is 18.5. The third-order valence-electron chi connectivity index (χ3n) is 4.69. The SMILES string of the molecule is COCCNCCNC(=O)c1sc2nc3n(c(=O)c2c1C)CCCCC3. The summed E-state index contributed by atoms with van der Waals surface area (Å²) in [5.41, 5.74) is 0.743. The van der Waals surface area contributed by atoms with Crippen LogP contribution >= 0.6 is 11.3 Å². The molecule has 0 fully saturated rings. The van der Waals surface area contributed by atoms with Gasteiger partial charge in [0.05, 0.1) is 16.9 Å². The van der Waals surface area contributed by atoms with Crippen molar-refractivity contribution in [3.8, 4) is 0 Å². The van der Waals surface area contributed by atoms with Gasteiger partial charge in [-0.25, -0.2) is 4.98 Å². The highest BCUT2D eigenvalue weighted by molar-refractivity contribution is 7.20. The van der Waals surface area contributed by atoms with E-state index in [4.69, 9.17) is 9.72 Å². The summed E-state index contributed by atoms with van der Waals surface area (Å²) in [6, 6.07) is 0. The molecule has 8 heteroatoms. The molecule has 0 atom stereocenters. The van der Waals surface area contributed by atoms with Crippen molar-refractivity contribution in [2.24, 2.45) is 0 Å². The third kappa shape index (κ3) is 3.97. The first-order chi connectivity index (χ1) is 12.6. The maximum absolute atomic E-state index is 12.9. The number of nitrogens with zero attached hydrogens (tertiary/aromatic N) is 2. The molecule has 0 aromatic carbocycles. The van der Waals surface area contributed by atoms with Gasteiger partial charge in [-0.15, -0.1) is 11.3 Å². The van der Waals surface area contributed by atoms with Crippen molar-refractivity contribution in [3.63, 3.8) is 0 Å². The van der Waals surface area contributed by atoms with Crippen molar-refractivity contribution in [3.05, 3.63) is 26.6 Å². The lowest BCUT2D eigenvalue weighted by atomic mass is 10.2. The molecule has 1 aliphatic rings. The average Bonchev–Trinajstić information content (AvgIpc) is 2.80. The Balaban J connectivity index is 1.77. The highest BCUT2D eigenvalue weighted by atomic mass is 32.1. The zero-order valence-electron chi connectivity index (χ0n) is 15.4. The minimum atomic E-state index is -0.140. The number of methoxy groups -OCH3 is 1. The lowest BCUT2D eigenvalue weighted by molar-refractivity contribution is 0.0957. The predicted molar refractivity (Wildman–Crippen MR) is 103 cm³/mol. The van der Waals surface area contributed by atoms with Crippen molar-refractivity contribution >= 4 is 27.5 Å². The normalized spacial score (nSPS) is 14.2. The number of thiophene rings is 1. The molecule has 0 saturated heterocycles. The molecule has 0 bridgehead atoms. The molecular weight excluding hydrogens is 352 g/mol. The van der Waals surface area contributed by atoms with Crippen LogP contribution < -0.4 is 16.2 Å². The van der Waals surface area contributed by atoms with E-state index in [1.807, 2.05) is 6.92 Å². The molecule has 0 saturated carbocycles. The van der Waals surface area contributed by atoms with Crippen LogP contribution in [0.5, 0.6) is 0 Å². The number of hydrogen-bond acceptors (Lipinski definition) is 6. The van der Waals surface area contributed by atoms with Gasteiger partial charge in [-0.2, -0.15) is 0 Å². The smallest absolute Gasteiger partial charge is 0.262 e. The largest absolute Gasteiger partial charge is 0.383 e. The van der Waals surface area contributed by atoms with Crippen LogP contribution in [0.15, 0.2) is 4.79 Å². The number of nitrogens with one attached hydrogen (secondary N) is 2. The Kier molecular flexibility index (Phi) is 6.39. The van der Waals surface area contributed by atoms with Crippen LogP contribution in [0.2, 0.25) is 0 Å². The van der Waals surface area contributed by atoms with Gasteiger partial charge in [0.1, 0.15) is 10.7 Å². The topological polar surface area (TPSA) is 85.2 Å². The maximum Gasteiger partial charge on any atom is 0.262 e. The monoisotopic (exact) mass is 378 g/mol. The fraction of sp³-hybridized carbons (Fsp3) is 0.611. The molecular formula is C18H26N4O3S. The molecule has 2 N–H and O–H groups in total. The van der Waals surface area contributed by atoms with E-state index < -0.39 is 0 Å². The van der Waals surface area contributed by atoms with Gasteiger partial charge in [-0.05, 0) is 25.3 Å². The van der Waals surface area contributed by atoms with Crippen LogP contribution in [0.3, 0.4) is 0 Å². The van der Waals surface area contributed by atoms with Gasteiger partial charge in [0.2, 0.25) is 0 Å². The van der Waals surface area contributed by atoms with E-state index in [1.165, 1.54) is 11.3 Å². The second kappa shape index (κ2) is 8.75. The second-order valence-electron chi connectivity index (χ2n) is 6.53. The highest BCUT2D eigenvalue weighted by Crippen LogP contribution is 2.28. The highest BCUT2D eigenvalue weighted by Gasteiger charge is 2.21. The van der Waals surface area contributed by atoms with Gasteiger partial charge >= 0.3 is 0 Å². The van der Waals surface area contributed by atoms with E-state index in [-0.39, 0.29) is 11.5 Å². The lowest BCUT2D eigenvalue weighted by Gasteiger charge is -2.08. The summed E-state index contributed by atoms with van der Waals surface area (Å²) in [6.07, 6.45) is 4.02. The molecule has 2 aromatic rings. The summed E-state index contributed by atoms with van der Waals surface area (Å²) in [5, 5.41) is 6.69. The third-order valence-corrected chi connectivity index (χ3v) is 5.87. The Morgan fingerprint density at radius 3 is 2.92 bits per heavy atom. The molecule has 3 rings (SSSR count). The number of fused-ring (bicyclic) bond motifs is 2. The molecule has 3 heterocycles. The van der Waals surface area contributed by atoms with Gasteiger partial charge < -0.3 is 15.4 Å². The number of rotatable bonds is 7. The molecule has 142 valence electrons. The first kappa shape index (κ1) is 19.0. The number of carbonyl (C=O) groups excluding carboxylic acids is 1. The Morgan fingerprint density at radius 1 is 1.27 bits per heavy atom. The molecule has 26 heavy (non-hydrogen) atoms. The zero-order valence-corrected chi connectivity index (χ0v) is 16.2. The predicted octanol–water partition coefficient (Wildman–Crippen LogP) is 1.46. The number of aryl methyl sites for hydroxylation is 2. The number of ether oxygens (including phenoxy) is 1. The van der Waals surface area contributed by atoms with E-state index in [9.17, 15) is 9.59 Å². The molecule has 2 aromatic heterocycles. The Labute approximate surface area is 156 Å². The molecule has 0 radical (unpaired) electrons. The Morgan fingerprint density at radius 2 is 2.12 bits per heavy atom. The molecule has 0 unspecified atom stereocenters. The quantitative estimate of drug-likeness (QED) is 0.713. The van der Waals surface area contributed by atoms with Crippen molar-refractivity contribution in [1.29, 1.82) is 0 Å².